The summed E-state index contributed by atoms with van der Waals surface area (Å²) in [7, 11) is 0. The summed E-state index contributed by atoms with van der Waals surface area (Å²) < 4.78 is 15.7. The maximum atomic E-state index is 12.2. The van der Waals surface area contributed by atoms with Crippen molar-refractivity contribution in [2.24, 2.45) is 5.92 Å². The first-order chi connectivity index (χ1) is 13.7. The minimum Gasteiger partial charge on any atom is -0.466 e. The Morgan fingerprint density at radius 1 is 1.14 bits per heavy atom. The first-order valence-electron chi connectivity index (χ1n) is 9.22. The fourth-order valence-electron chi connectivity index (χ4n) is 2.87. The maximum absolute atomic E-state index is 12.2. The molecule has 0 aromatic heterocycles. The van der Waals surface area contributed by atoms with Crippen LogP contribution in [0.5, 0.6) is 11.5 Å². The van der Waals surface area contributed by atoms with Crippen molar-refractivity contribution in [2.75, 3.05) is 19.9 Å². The highest BCUT2D eigenvalue weighted by Crippen LogP contribution is 2.32. The second-order valence-electron chi connectivity index (χ2n) is 6.33. The van der Waals surface area contributed by atoms with E-state index in [-0.39, 0.29) is 25.2 Å². The number of hydrogen-bond donors (Lipinski definition) is 1. The molecule has 1 aliphatic rings. The number of amides is 1. The maximum Gasteiger partial charge on any atom is 0.311 e. The highest BCUT2D eigenvalue weighted by Gasteiger charge is 2.21. The van der Waals surface area contributed by atoms with Crippen molar-refractivity contribution in [1.82, 2.24) is 5.32 Å². The van der Waals surface area contributed by atoms with Gasteiger partial charge in [0.05, 0.1) is 12.5 Å². The van der Waals surface area contributed by atoms with Crippen LogP contribution in [0.1, 0.15) is 18.1 Å². The molecule has 1 heterocycles. The van der Waals surface area contributed by atoms with Crippen molar-refractivity contribution in [3.8, 4) is 11.5 Å². The average molecular weight is 381 g/mol. The molecule has 1 unspecified atom stereocenters. The summed E-state index contributed by atoms with van der Waals surface area (Å²) >= 11 is 0. The van der Waals surface area contributed by atoms with E-state index in [0.29, 0.717) is 24.5 Å². The molecule has 1 N–H and O–H groups in total. The van der Waals surface area contributed by atoms with E-state index in [1.54, 1.807) is 19.1 Å². The predicted molar refractivity (Wildman–Crippen MR) is 105 cm³/mol. The van der Waals surface area contributed by atoms with Crippen LogP contribution in [0.3, 0.4) is 0 Å². The van der Waals surface area contributed by atoms with Crippen LogP contribution in [0, 0.1) is 5.92 Å². The van der Waals surface area contributed by atoms with Gasteiger partial charge in [-0.25, -0.2) is 0 Å². The van der Waals surface area contributed by atoms with E-state index >= 15 is 0 Å². The number of rotatable bonds is 8. The van der Waals surface area contributed by atoms with E-state index in [1.807, 2.05) is 42.5 Å². The fourth-order valence-corrected chi connectivity index (χ4v) is 2.87. The van der Waals surface area contributed by atoms with Crippen LogP contribution < -0.4 is 14.8 Å². The SMILES string of the molecule is CCOC(=O)C(CNC(=O)/C=C/c1ccc2c(c1)OCO2)Cc1ccccc1. The zero-order valence-electron chi connectivity index (χ0n) is 15.7. The monoisotopic (exact) mass is 381 g/mol. The number of ether oxygens (including phenoxy) is 3. The molecule has 3 rings (SSSR count). The van der Waals surface area contributed by atoms with Crippen molar-refractivity contribution in [3.63, 3.8) is 0 Å². The van der Waals surface area contributed by atoms with E-state index in [4.69, 9.17) is 14.2 Å². The lowest BCUT2D eigenvalue weighted by atomic mass is 9.99. The molecule has 0 radical (unpaired) electrons. The second-order valence-corrected chi connectivity index (χ2v) is 6.33. The van der Waals surface area contributed by atoms with Gasteiger partial charge >= 0.3 is 5.97 Å². The molecular formula is C22H23NO5. The Hall–Kier alpha value is -3.28. The molecule has 0 saturated heterocycles. The van der Waals surface area contributed by atoms with Crippen LogP contribution >= 0.6 is 0 Å². The minimum atomic E-state index is -0.440. The molecule has 0 aliphatic carbocycles. The summed E-state index contributed by atoms with van der Waals surface area (Å²) in [6, 6.07) is 15.1. The number of esters is 1. The number of nitrogens with one attached hydrogen (secondary N) is 1. The summed E-state index contributed by atoms with van der Waals surface area (Å²) in [5, 5.41) is 2.78. The molecule has 0 bridgehead atoms. The summed E-state index contributed by atoms with van der Waals surface area (Å²) in [6.07, 6.45) is 3.63. The Balaban J connectivity index is 1.57. The highest BCUT2D eigenvalue weighted by atomic mass is 16.7. The quantitative estimate of drug-likeness (QED) is 0.562. The van der Waals surface area contributed by atoms with E-state index in [1.165, 1.54) is 6.08 Å². The largest absolute Gasteiger partial charge is 0.466 e. The van der Waals surface area contributed by atoms with Gasteiger partial charge < -0.3 is 19.5 Å². The van der Waals surface area contributed by atoms with Gasteiger partial charge in [0.2, 0.25) is 12.7 Å². The standard InChI is InChI=1S/C22H23NO5/c1-2-26-22(25)18(12-16-6-4-3-5-7-16)14-23-21(24)11-9-17-8-10-19-20(13-17)28-15-27-19/h3-11,13,18H,2,12,14-15H2,1H3,(H,23,24)/b11-9+. The molecule has 28 heavy (non-hydrogen) atoms. The normalized spacial score (nSPS) is 13.3. The molecule has 6 heteroatoms. The van der Waals surface area contributed by atoms with Crippen molar-refractivity contribution in [3.05, 3.63) is 65.7 Å². The zero-order chi connectivity index (χ0) is 19.8. The lowest BCUT2D eigenvalue weighted by Gasteiger charge is -2.16. The lowest BCUT2D eigenvalue weighted by Crippen LogP contribution is -2.34. The third-order valence-electron chi connectivity index (χ3n) is 4.29. The van der Waals surface area contributed by atoms with Crippen LogP contribution in [-0.4, -0.2) is 31.8 Å². The molecular weight excluding hydrogens is 358 g/mol. The number of fused-ring (bicyclic) bond motifs is 1. The molecule has 1 atom stereocenters. The average Bonchev–Trinajstić information content (AvgIpc) is 3.18. The number of carbonyl (C=O) groups excluding carboxylic acids is 2. The molecule has 0 saturated carbocycles. The summed E-state index contributed by atoms with van der Waals surface area (Å²) in [6.45, 7) is 2.49. The summed E-state index contributed by atoms with van der Waals surface area (Å²) in [5.74, 6) is 0.323. The van der Waals surface area contributed by atoms with Crippen LogP contribution in [0.25, 0.3) is 6.08 Å². The number of carbonyl (C=O) groups is 2. The Bertz CT molecular complexity index is 847. The third kappa shape index (κ3) is 5.36. The molecule has 6 nitrogen and oxygen atoms in total. The van der Waals surface area contributed by atoms with Crippen molar-refractivity contribution >= 4 is 18.0 Å². The molecule has 0 fully saturated rings. The first-order valence-corrected chi connectivity index (χ1v) is 9.22. The molecule has 1 amide bonds. The highest BCUT2D eigenvalue weighted by molar-refractivity contribution is 5.92. The van der Waals surface area contributed by atoms with Crippen molar-refractivity contribution in [1.29, 1.82) is 0 Å². The minimum absolute atomic E-state index is 0.206. The Morgan fingerprint density at radius 2 is 1.93 bits per heavy atom. The summed E-state index contributed by atoms with van der Waals surface area (Å²) in [5.41, 5.74) is 1.84. The van der Waals surface area contributed by atoms with Crippen LogP contribution in [0.15, 0.2) is 54.6 Å². The van der Waals surface area contributed by atoms with Gasteiger partial charge in [-0.15, -0.1) is 0 Å². The van der Waals surface area contributed by atoms with E-state index in [2.05, 4.69) is 5.32 Å². The van der Waals surface area contributed by atoms with Gasteiger partial charge in [0.15, 0.2) is 11.5 Å². The molecule has 146 valence electrons. The van der Waals surface area contributed by atoms with Gasteiger partial charge in [0.1, 0.15) is 0 Å². The Labute approximate surface area is 164 Å². The van der Waals surface area contributed by atoms with Gasteiger partial charge in [-0.3, -0.25) is 9.59 Å². The Kier molecular flexibility index (Phi) is 6.68. The third-order valence-corrected chi connectivity index (χ3v) is 4.29. The van der Waals surface area contributed by atoms with Gasteiger partial charge in [-0.05, 0) is 42.7 Å². The van der Waals surface area contributed by atoms with Gasteiger partial charge in [-0.2, -0.15) is 0 Å². The van der Waals surface area contributed by atoms with Crippen LogP contribution in [0.4, 0.5) is 0 Å². The molecule has 2 aromatic rings. The molecule has 1 aliphatic heterocycles. The van der Waals surface area contributed by atoms with Gasteiger partial charge in [0.25, 0.3) is 0 Å². The first kappa shape index (κ1) is 19.5. The van der Waals surface area contributed by atoms with E-state index in [9.17, 15) is 9.59 Å². The van der Waals surface area contributed by atoms with E-state index in [0.717, 1.165) is 11.1 Å². The van der Waals surface area contributed by atoms with Gasteiger partial charge in [-0.1, -0.05) is 36.4 Å². The topological polar surface area (TPSA) is 73.9 Å². The number of benzene rings is 2. The second kappa shape index (κ2) is 9.60. The van der Waals surface area contributed by atoms with Gasteiger partial charge in [0, 0.05) is 12.6 Å². The Morgan fingerprint density at radius 3 is 2.71 bits per heavy atom. The molecule has 2 aromatic carbocycles. The van der Waals surface area contributed by atoms with Crippen molar-refractivity contribution < 1.29 is 23.8 Å². The number of hydrogen-bond acceptors (Lipinski definition) is 5. The van der Waals surface area contributed by atoms with Crippen LogP contribution in [0.2, 0.25) is 0 Å². The smallest absolute Gasteiger partial charge is 0.311 e. The zero-order valence-corrected chi connectivity index (χ0v) is 15.7. The predicted octanol–water partition coefficient (Wildman–Crippen LogP) is 2.97. The van der Waals surface area contributed by atoms with Crippen molar-refractivity contribution in [2.45, 2.75) is 13.3 Å². The fraction of sp³-hybridized carbons (Fsp3) is 0.273. The lowest BCUT2D eigenvalue weighted by molar-refractivity contribution is -0.147. The van der Waals surface area contributed by atoms with E-state index < -0.39 is 5.92 Å². The summed E-state index contributed by atoms with van der Waals surface area (Å²) in [4.78, 5) is 24.4. The molecule has 0 spiro atoms. The van der Waals surface area contributed by atoms with Crippen LogP contribution in [-0.2, 0) is 20.7 Å².